The van der Waals surface area contributed by atoms with Gasteiger partial charge >= 0.3 is 5.97 Å². The van der Waals surface area contributed by atoms with Gasteiger partial charge in [0.05, 0.1) is 25.2 Å². The molecular formula is C61H107NO5. The lowest BCUT2D eigenvalue weighted by Crippen LogP contribution is -2.46. The summed E-state index contributed by atoms with van der Waals surface area (Å²) in [6, 6.07) is -0.730. The van der Waals surface area contributed by atoms with Gasteiger partial charge in [0.1, 0.15) is 6.10 Å². The van der Waals surface area contributed by atoms with Crippen molar-refractivity contribution in [2.75, 3.05) is 6.61 Å². The predicted octanol–water partition coefficient (Wildman–Crippen LogP) is 17.5. The Bertz CT molecular complexity index is 1280. The van der Waals surface area contributed by atoms with Crippen molar-refractivity contribution in [3.8, 4) is 0 Å². The monoisotopic (exact) mass is 934 g/mol. The number of carbonyl (C=O) groups excluding carboxylic acids is 2. The van der Waals surface area contributed by atoms with Gasteiger partial charge < -0.3 is 20.3 Å². The fourth-order valence-corrected chi connectivity index (χ4v) is 8.31. The lowest BCUT2D eigenvalue weighted by molar-refractivity contribution is -0.151. The summed E-state index contributed by atoms with van der Waals surface area (Å²) in [6.07, 6.45) is 70.8. The summed E-state index contributed by atoms with van der Waals surface area (Å²) in [7, 11) is 0. The van der Waals surface area contributed by atoms with Gasteiger partial charge in [0.15, 0.2) is 0 Å². The molecule has 3 atom stereocenters. The maximum atomic E-state index is 13.2. The molecule has 6 nitrogen and oxygen atoms in total. The molecule has 0 bridgehead atoms. The van der Waals surface area contributed by atoms with Crippen molar-refractivity contribution in [2.45, 2.75) is 283 Å². The third-order valence-electron chi connectivity index (χ3n) is 12.6. The van der Waals surface area contributed by atoms with E-state index < -0.39 is 18.2 Å². The van der Waals surface area contributed by atoms with Crippen molar-refractivity contribution in [3.05, 3.63) is 85.1 Å². The Kier molecular flexibility index (Phi) is 51.6. The van der Waals surface area contributed by atoms with Crippen molar-refractivity contribution in [3.63, 3.8) is 0 Å². The molecule has 0 radical (unpaired) electrons. The van der Waals surface area contributed by atoms with Crippen LogP contribution in [0.5, 0.6) is 0 Å². The predicted molar refractivity (Wildman–Crippen MR) is 291 cm³/mol. The second-order valence-electron chi connectivity index (χ2n) is 19.1. The largest absolute Gasteiger partial charge is 0.462 e. The zero-order valence-electron chi connectivity index (χ0n) is 44.0. The maximum absolute atomic E-state index is 13.2. The van der Waals surface area contributed by atoms with Crippen LogP contribution in [0.15, 0.2) is 85.1 Å². The van der Waals surface area contributed by atoms with Gasteiger partial charge in [0.25, 0.3) is 0 Å². The first-order valence-electron chi connectivity index (χ1n) is 28.4. The van der Waals surface area contributed by atoms with Crippen LogP contribution in [0, 0.1) is 0 Å². The first kappa shape index (κ1) is 64.0. The van der Waals surface area contributed by atoms with Crippen LogP contribution in [0.2, 0.25) is 0 Å². The molecule has 1 amide bonds. The van der Waals surface area contributed by atoms with E-state index in [0.717, 1.165) is 64.2 Å². The maximum Gasteiger partial charge on any atom is 0.306 e. The second-order valence-corrected chi connectivity index (χ2v) is 19.1. The minimum Gasteiger partial charge on any atom is -0.462 e. The van der Waals surface area contributed by atoms with Crippen molar-refractivity contribution in [1.29, 1.82) is 0 Å². The van der Waals surface area contributed by atoms with E-state index >= 15 is 0 Å². The molecule has 67 heavy (non-hydrogen) atoms. The van der Waals surface area contributed by atoms with Gasteiger partial charge in [-0.05, 0) is 70.6 Å². The Labute approximate surface area is 414 Å². The Balaban J connectivity index is 4.59. The molecule has 3 unspecified atom stereocenters. The normalized spacial score (nSPS) is 13.8. The standard InChI is InChI=1S/C61H107NO5/c1-4-7-10-13-16-19-22-25-27-29-30-31-33-36-39-42-45-48-51-54-61(66)67-57(52-49-46-43-40-37-34-24-21-18-15-12-9-6-3)55-60(65)62-58(56-63)59(64)53-50-47-44-41-38-35-32-28-26-23-20-17-14-11-8-5-2/h9,12,15-16,18-19,21,24-25,27,34,37,40,43,57-59,63-64H,4-8,10-11,13-14,17,20,22-23,26,28-33,35-36,38-39,41-42,44-56H2,1-3H3,(H,62,65)/b12-9+,18-15+,19-16-,24-21-,27-25-,37-34-,43-40+. The van der Waals surface area contributed by atoms with Crippen LogP contribution in [-0.2, 0) is 14.3 Å². The molecule has 0 saturated carbocycles. The molecule has 0 spiro atoms. The van der Waals surface area contributed by atoms with E-state index in [0.29, 0.717) is 19.3 Å². The number of amides is 1. The SMILES string of the molecule is CC/C=C/C=C/C=C\C=C/C=C/CCCC(CC(=O)NC(CO)C(O)CCCCCCCCCCCCCCCCCC)OC(=O)CCCCCCCCCCC/C=C\C/C=C\CCCCC. The molecular weight excluding hydrogens is 827 g/mol. The number of aliphatic hydroxyl groups excluding tert-OH is 2. The molecule has 0 aliphatic rings. The van der Waals surface area contributed by atoms with Crippen molar-refractivity contribution in [2.24, 2.45) is 0 Å². The number of esters is 1. The number of hydrogen-bond acceptors (Lipinski definition) is 5. The van der Waals surface area contributed by atoms with E-state index in [2.05, 4.69) is 62.5 Å². The molecule has 6 heteroatoms. The molecule has 0 saturated heterocycles. The second kappa shape index (κ2) is 54.0. The third kappa shape index (κ3) is 49.3. The molecule has 3 N–H and O–H groups in total. The average molecular weight is 935 g/mol. The number of carbonyl (C=O) groups is 2. The molecule has 0 aromatic rings. The van der Waals surface area contributed by atoms with E-state index in [4.69, 9.17) is 4.74 Å². The van der Waals surface area contributed by atoms with Crippen LogP contribution in [0.1, 0.15) is 265 Å². The minimum absolute atomic E-state index is 0.0240. The number of ether oxygens (including phenoxy) is 1. The summed E-state index contributed by atoms with van der Waals surface area (Å²) in [5.74, 6) is -0.550. The van der Waals surface area contributed by atoms with Gasteiger partial charge in [-0.25, -0.2) is 0 Å². The highest BCUT2D eigenvalue weighted by molar-refractivity contribution is 5.77. The van der Waals surface area contributed by atoms with Crippen molar-refractivity contribution >= 4 is 11.9 Å². The lowest BCUT2D eigenvalue weighted by atomic mass is 10.0. The Morgan fingerprint density at radius 1 is 0.463 bits per heavy atom. The zero-order valence-corrected chi connectivity index (χ0v) is 44.0. The molecule has 0 aliphatic carbocycles. The Morgan fingerprint density at radius 2 is 0.881 bits per heavy atom. The highest BCUT2D eigenvalue weighted by atomic mass is 16.5. The fraction of sp³-hybridized carbons (Fsp3) is 0.738. The van der Waals surface area contributed by atoms with Crippen LogP contribution >= 0.6 is 0 Å². The van der Waals surface area contributed by atoms with E-state index in [1.165, 1.54) is 154 Å². The molecule has 0 heterocycles. The first-order chi connectivity index (χ1) is 33.0. The molecule has 386 valence electrons. The van der Waals surface area contributed by atoms with E-state index in [-0.39, 0.29) is 24.9 Å². The van der Waals surface area contributed by atoms with Crippen LogP contribution in [0.25, 0.3) is 0 Å². The molecule has 0 aromatic carbocycles. The quantitative estimate of drug-likeness (QED) is 0.0244. The number of allylic oxidation sites excluding steroid dienone is 14. The number of aliphatic hydroxyl groups is 2. The first-order valence-corrected chi connectivity index (χ1v) is 28.4. The zero-order chi connectivity index (χ0) is 48.8. The van der Waals surface area contributed by atoms with Crippen LogP contribution < -0.4 is 5.32 Å². The average Bonchev–Trinajstić information content (AvgIpc) is 3.32. The molecule has 0 aromatic heterocycles. The summed E-state index contributed by atoms with van der Waals surface area (Å²) in [6.45, 7) is 6.31. The van der Waals surface area contributed by atoms with Crippen molar-refractivity contribution in [1.82, 2.24) is 5.32 Å². The third-order valence-corrected chi connectivity index (χ3v) is 12.6. The molecule has 0 fully saturated rings. The van der Waals surface area contributed by atoms with E-state index in [1.54, 1.807) is 0 Å². The lowest BCUT2D eigenvalue weighted by Gasteiger charge is -2.24. The highest BCUT2D eigenvalue weighted by Crippen LogP contribution is 2.18. The van der Waals surface area contributed by atoms with E-state index in [9.17, 15) is 19.8 Å². The number of nitrogens with one attached hydrogen (secondary N) is 1. The summed E-state index contributed by atoms with van der Waals surface area (Å²) in [5, 5.41) is 23.8. The van der Waals surface area contributed by atoms with Gasteiger partial charge in [-0.15, -0.1) is 0 Å². The topological polar surface area (TPSA) is 95.9 Å². The molecule has 0 aliphatic heterocycles. The Morgan fingerprint density at radius 3 is 1.39 bits per heavy atom. The number of hydrogen-bond donors (Lipinski definition) is 3. The Hall–Kier alpha value is -2.96. The summed E-state index contributed by atoms with van der Waals surface area (Å²) in [4.78, 5) is 26.2. The summed E-state index contributed by atoms with van der Waals surface area (Å²) >= 11 is 0. The van der Waals surface area contributed by atoms with Gasteiger partial charge in [-0.3, -0.25) is 9.59 Å². The van der Waals surface area contributed by atoms with Crippen LogP contribution in [-0.4, -0.2) is 46.9 Å². The van der Waals surface area contributed by atoms with E-state index in [1.807, 2.05) is 48.6 Å². The van der Waals surface area contributed by atoms with Crippen LogP contribution in [0.4, 0.5) is 0 Å². The number of rotatable bonds is 50. The van der Waals surface area contributed by atoms with Gasteiger partial charge in [0, 0.05) is 6.42 Å². The summed E-state index contributed by atoms with van der Waals surface area (Å²) < 4.78 is 5.91. The fourth-order valence-electron chi connectivity index (χ4n) is 8.31. The molecule has 0 rings (SSSR count). The smallest absolute Gasteiger partial charge is 0.306 e. The minimum atomic E-state index is -0.812. The van der Waals surface area contributed by atoms with Crippen molar-refractivity contribution < 1.29 is 24.5 Å². The number of unbranched alkanes of at least 4 members (excludes halogenated alkanes) is 28. The highest BCUT2D eigenvalue weighted by Gasteiger charge is 2.24. The van der Waals surface area contributed by atoms with Gasteiger partial charge in [0.2, 0.25) is 5.91 Å². The van der Waals surface area contributed by atoms with Crippen LogP contribution in [0.3, 0.4) is 0 Å². The summed E-state index contributed by atoms with van der Waals surface area (Å²) in [5.41, 5.74) is 0. The van der Waals surface area contributed by atoms with Gasteiger partial charge in [-0.2, -0.15) is 0 Å². The van der Waals surface area contributed by atoms with Gasteiger partial charge in [-0.1, -0.05) is 266 Å².